The Balaban J connectivity index is 1.86. The van der Waals surface area contributed by atoms with E-state index >= 15 is 0 Å². The van der Waals surface area contributed by atoms with Gasteiger partial charge in [0.1, 0.15) is 18.0 Å². The molecule has 0 unspecified atom stereocenters. The molecule has 6 nitrogen and oxygen atoms in total. The maximum Gasteiger partial charge on any atom is 0.243 e. The lowest BCUT2D eigenvalue weighted by Gasteiger charge is -2.27. The molecule has 8 heteroatoms. The Hall–Kier alpha value is -2.74. The summed E-state index contributed by atoms with van der Waals surface area (Å²) >= 11 is 0. The Kier molecular flexibility index (Phi) is 7.33. The van der Waals surface area contributed by atoms with Gasteiger partial charge < -0.3 is 10.2 Å². The van der Waals surface area contributed by atoms with E-state index in [1.165, 1.54) is 5.56 Å². The number of carbonyl (C=O) groups excluding carboxylic acids is 2. The lowest BCUT2D eigenvalue weighted by atomic mass is 9.95. The number of alkyl halides is 1. The first-order chi connectivity index (χ1) is 15.0. The molecule has 0 aromatic heterocycles. The van der Waals surface area contributed by atoms with Gasteiger partial charge >= 0.3 is 0 Å². The number of likely N-dealkylation sites (tertiary alicyclic amines) is 1. The van der Waals surface area contributed by atoms with Gasteiger partial charge in [0.05, 0.1) is 12.6 Å². The molecular formula is C24H29FN2O4S. The third kappa shape index (κ3) is 5.94. The predicted octanol–water partition coefficient (Wildman–Crippen LogP) is 3.00. The quantitative estimate of drug-likeness (QED) is 0.689. The second-order valence-corrected chi connectivity index (χ2v) is 10.8. The number of hydrogen-bond donors (Lipinski definition) is 1. The van der Waals surface area contributed by atoms with Crippen molar-refractivity contribution < 1.29 is 22.4 Å². The molecule has 1 aliphatic rings. The maximum atomic E-state index is 14.2. The minimum Gasteiger partial charge on any atom is -0.343 e. The number of benzene rings is 2. The van der Waals surface area contributed by atoms with E-state index in [0.29, 0.717) is 5.92 Å². The van der Waals surface area contributed by atoms with Crippen LogP contribution < -0.4 is 5.32 Å². The average molecular weight is 461 g/mol. The van der Waals surface area contributed by atoms with Crippen molar-refractivity contribution in [3.63, 3.8) is 0 Å². The van der Waals surface area contributed by atoms with E-state index in [-0.39, 0.29) is 13.0 Å². The highest BCUT2D eigenvalue weighted by atomic mass is 32.2. The molecule has 1 fully saturated rings. The van der Waals surface area contributed by atoms with Crippen molar-refractivity contribution in [3.8, 4) is 0 Å². The highest BCUT2D eigenvalue weighted by Crippen LogP contribution is 2.27. The zero-order chi connectivity index (χ0) is 23.5. The monoisotopic (exact) mass is 460 g/mol. The minimum atomic E-state index is -3.59. The van der Waals surface area contributed by atoms with Crippen molar-refractivity contribution >= 4 is 21.7 Å². The predicted molar refractivity (Wildman–Crippen MR) is 122 cm³/mol. The summed E-state index contributed by atoms with van der Waals surface area (Å²) < 4.78 is 37.2. The molecule has 0 radical (unpaired) electrons. The molecule has 172 valence electrons. The maximum absolute atomic E-state index is 14.2. The number of carbonyl (C=O) groups is 2. The molecule has 3 rings (SSSR count). The van der Waals surface area contributed by atoms with E-state index < -0.39 is 45.7 Å². The van der Waals surface area contributed by atoms with Crippen LogP contribution in [0.25, 0.3) is 0 Å². The van der Waals surface area contributed by atoms with Gasteiger partial charge in [0.15, 0.2) is 9.84 Å². The Morgan fingerprint density at radius 2 is 1.59 bits per heavy atom. The SMILES string of the molecule is CC(C)c1ccc([C@@H](NC(=O)[C@@H]2C[C@@H](F)CN2C(=O)CS(C)(=O)=O)c2ccccc2)cc1. The van der Waals surface area contributed by atoms with Gasteiger partial charge in [0.25, 0.3) is 0 Å². The zero-order valence-corrected chi connectivity index (χ0v) is 19.3. The summed E-state index contributed by atoms with van der Waals surface area (Å²) in [6.07, 6.45) is -0.598. The van der Waals surface area contributed by atoms with Crippen LogP contribution in [0.4, 0.5) is 4.39 Å². The summed E-state index contributed by atoms with van der Waals surface area (Å²) in [5.41, 5.74) is 2.88. The van der Waals surface area contributed by atoms with Crippen LogP contribution in [-0.4, -0.2) is 55.9 Å². The Morgan fingerprint density at radius 3 is 2.16 bits per heavy atom. The van der Waals surface area contributed by atoms with Gasteiger partial charge in [-0.15, -0.1) is 0 Å². The smallest absolute Gasteiger partial charge is 0.243 e. The number of hydrogen-bond acceptors (Lipinski definition) is 4. The van der Waals surface area contributed by atoms with E-state index in [0.717, 1.165) is 22.3 Å². The van der Waals surface area contributed by atoms with Crippen molar-refractivity contribution in [2.75, 3.05) is 18.6 Å². The molecule has 1 saturated heterocycles. The third-order valence-electron chi connectivity index (χ3n) is 5.61. The Morgan fingerprint density at radius 1 is 1.03 bits per heavy atom. The number of rotatable bonds is 7. The first kappa shape index (κ1) is 23.9. The van der Waals surface area contributed by atoms with Crippen molar-refractivity contribution in [2.45, 2.75) is 44.4 Å². The number of sulfone groups is 1. The normalized spacial score (nSPS) is 19.7. The molecule has 1 N–H and O–H groups in total. The summed E-state index contributed by atoms with van der Waals surface area (Å²) in [5.74, 6) is -1.65. The van der Waals surface area contributed by atoms with Crippen LogP contribution in [0.3, 0.4) is 0 Å². The molecular weight excluding hydrogens is 431 g/mol. The molecule has 1 aliphatic heterocycles. The van der Waals surface area contributed by atoms with Crippen molar-refractivity contribution in [1.82, 2.24) is 10.2 Å². The lowest BCUT2D eigenvalue weighted by molar-refractivity contribution is -0.136. The molecule has 2 amide bonds. The van der Waals surface area contributed by atoms with E-state index in [1.54, 1.807) is 0 Å². The van der Waals surface area contributed by atoms with Gasteiger partial charge in [-0.05, 0) is 22.6 Å². The first-order valence-electron chi connectivity index (χ1n) is 10.6. The van der Waals surface area contributed by atoms with Crippen LogP contribution in [0.5, 0.6) is 0 Å². The standard InChI is InChI=1S/C24H29FN2O4S/c1-16(2)17-9-11-19(12-10-17)23(18-7-5-4-6-8-18)26-24(29)21-13-20(25)14-27(21)22(28)15-32(3,30)31/h4-12,16,20-21,23H,13-15H2,1-3H3,(H,26,29)/t20-,21+,23+/m1/s1. The van der Waals surface area contributed by atoms with Gasteiger partial charge in [-0.25, -0.2) is 12.8 Å². The second kappa shape index (κ2) is 9.81. The van der Waals surface area contributed by atoms with Crippen molar-refractivity contribution in [1.29, 1.82) is 0 Å². The van der Waals surface area contributed by atoms with E-state index in [4.69, 9.17) is 0 Å². The Bertz CT molecular complexity index is 1060. The van der Waals surface area contributed by atoms with E-state index in [9.17, 15) is 22.4 Å². The molecule has 2 aromatic carbocycles. The summed E-state index contributed by atoms with van der Waals surface area (Å²) in [6.45, 7) is 3.91. The number of nitrogens with one attached hydrogen (secondary N) is 1. The molecule has 0 spiro atoms. The number of amides is 2. The third-order valence-corrected chi connectivity index (χ3v) is 6.39. The van der Waals surface area contributed by atoms with Crippen LogP contribution in [0.2, 0.25) is 0 Å². The fourth-order valence-corrected chi connectivity index (χ4v) is 4.55. The van der Waals surface area contributed by atoms with Crippen LogP contribution in [0.1, 0.15) is 48.9 Å². The van der Waals surface area contributed by atoms with Crippen molar-refractivity contribution in [3.05, 3.63) is 71.3 Å². The Labute approximate surface area is 188 Å². The van der Waals surface area contributed by atoms with E-state index in [2.05, 4.69) is 19.2 Å². The summed E-state index contributed by atoms with van der Waals surface area (Å²) in [5, 5.41) is 2.96. The van der Waals surface area contributed by atoms with Crippen molar-refractivity contribution in [2.24, 2.45) is 0 Å². The van der Waals surface area contributed by atoms with Crippen LogP contribution in [-0.2, 0) is 19.4 Å². The van der Waals surface area contributed by atoms with Gasteiger partial charge in [0, 0.05) is 12.7 Å². The molecule has 0 aliphatic carbocycles. The molecule has 1 heterocycles. The highest BCUT2D eigenvalue weighted by Gasteiger charge is 2.41. The highest BCUT2D eigenvalue weighted by molar-refractivity contribution is 7.91. The molecule has 0 bridgehead atoms. The second-order valence-electron chi connectivity index (χ2n) is 8.64. The largest absolute Gasteiger partial charge is 0.343 e. The lowest BCUT2D eigenvalue weighted by Crippen LogP contribution is -2.48. The number of halogens is 1. The first-order valence-corrected chi connectivity index (χ1v) is 12.7. The van der Waals surface area contributed by atoms with Gasteiger partial charge in [-0.1, -0.05) is 68.4 Å². The van der Waals surface area contributed by atoms with Gasteiger partial charge in [-0.2, -0.15) is 0 Å². The van der Waals surface area contributed by atoms with Crippen LogP contribution >= 0.6 is 0 Å². The van der Waals surface area contributed by atoms with Crippen LogP contribution in [0.15, 0.2) is 54.6 Å². The fourth-order valence-electron chi connectivity index (χ4n) is 3.93. The minimum absolute atomic E-state index is 0.158. The molecule has 2 aromatic rings. The average Bonchev–Trinajstić information content (AvgIpc) is 3.13. The topological polar surface area (TPSA) is 83.6 Å². The summed E-state index contributed by atoms with van der Waals surface area (Å²) in [7, 11) is -3.59. The number of nitrogens with zero attached hydrogens (tertiary/aromatic N) is 1. The van der Waals surface area contributed by atoms with Crippen LogP contribution in [0, 0.1) is 0 Å². The summed E-state index contributed by atoms with van der Waals surface area (Å²) in [6, 6.07) is 15.8. The zero-order valence-electron chi connectivity index (χ0n) is 18.5. The van der Waals surface area contributed by atoms with E-state index in [1.807, 2.05) is 54.6 Å². The molecule has 3 atom stereocenters. The summed E-state index contributed by atoms with van der Waals surface area (Å²) in [4.78, 5) is 26.7. The molecule has 32 heavy (non-hydrogen) atoms. The van der Waals surface area contributed by atoms with Gasteiger partial charge in [0.2, 0.25) is 11.8 Å². The van der Waals surface area contributed by atoms with Gasteiger partial charge in [-0.3, -0.25) is 9.59 Å². The fraction of sp³-hybridized carbons (Fsp3) is 0.417. The molecule has 0 saturated carbocycles.